The lowest BCUT2D eigenvalue weighted by molar-refractivity contribution is 1.60. The van der Waals surface area contributed by atoms with Crippen molar-refractivity contribution in [2.45, 2.75) is 0 Å². The Balaban J connectivity index is 2.27. The Labute approximate surface area is 86.4 Å². The van der Waals surface area contributed by atoms with E-state index < -0.39 is 0 Å². The number of hydrogen-bond acceptors (Lipinski definition) is 0. The van der Waals surface area contributed by atoms with Gasteiger partial charge in [0, 0.05) is 4.47 Å². The minimum absolute atomic E-state index is 1.12. The van der Waals surface area contributed by atoms with Crippen molar-refractivity contribution in [3.63, 3.8) is 0 Å². The highest BCUT2D eigenvalue weighted by Crippen LogP contribution is 2.15. The Bertz CT molecular complexity index is 366. The van der Waals surface area contributed by atoms with E-state index >= 15 is 0 Å². The number of rotatable bonds is 1. The summed E-state index contributed by atoms with van der Waals surface area (Å²) in [5, 5.41) is 0. The molecule has 2 rings (SSSR count). The van der Waals surface area contributed by atoms with Crippen molar-refractivity contribution >= 4 is 22.0 Å². The fourth-order valence-corrected chi connectivity index (χ4v) is 1.50. The van der Waals surface area contributed by atoms with E-state index in [2.05, 4.69) is 58.4 Å². The van der Waals surface area contributed by atoms with Gasteiger partial charge in [-0.05, 0) is 29.3 Å². The summed E-state index contributed by atoms with van der Waals surface area (Å²) in [5.74, 6) is 0. The van der Waals surface area contributed by atoms with Crippen LogP contribution in [0.1, 0.15) is 5.56 Å². The standard InChI is InChI=1S/C12H9Br/c13-12-7-5-11(6-8-12)9-10-3-1-2-4-10/h1-9H. The van der Waals surface area contributed by atoms with Crippen molar-refractivity contribution < 1.29 is 0 Å². The van der Waals surface area contributed by atoms with Gasteiger partial charge in [0.05, 0.1) is 0 Å². The molecule has 0 aliphatic heterocycles. The molecule has 1 aliphatic rings. The van der Waals surface area contributed by atoms with Gasteiger partial charge in [-0.25, -0.2) is 0 Å². The van der Waals surface area contributed by atoms with Crippen LogP contribution in [0.25, 0.3) is 6.08 Å². The fraction of sp³-hybridized carbons (Fsp3) is 0. The molecule has 0 aromatic heterocycles. The van der Waals surface area contributed by atoms with Crippen molar-refractivity contribution in [3.05, 3.63) is 64.2 Å². The maximum Gasteiger partial charge on any atom is 0.0175 e. The van der Waals surface area contributed by atoms with E-state index in [-0.39, 0.29) is 0 Å². The molecule has 0 bridgehead atoms. The van der Waals surface area contributed by atoms with Crippen molar-refractivity contribution in [3.8, 4) is 0 Å². The van der Waals surface area contributed by atoms with Crippen LogP contribution in [0.4, 0.5) is 0 Å². The minimum atomic E-state index is 1.12. The molecule has 0 spiro atoms. The van der Waals surface area contributed by atoms with Gasteiger partial charge in [0.15, 0.2) is 0 Å². The van der Waals surface area contributed by atoms with Gasteiger partial charge in [0.1, 0.15) is 0 Å². The topological polar surface area (TPSA) is 0 Å². The van der Waals surface area contributed by atoms with Gasteiger partial charge in [-0.1, -0.05) is 52.4 Å². The van der Waals surface area contributed by atoms with Crippen LogP contribution in [-0.2, 0) is 0 Å². The number of benzene rings is 1. The van der Waals surface area contributed by atoms with Crippen molar-refractivity contribution in [1.82, 2.24) is 0 Å². The van der Waals surface area contributed by atoms with Crippen LogP contribution in [0.2, 0.25) is 0 Å². The molecule has 0 unspecified atom stereocenters. The van der Waals surface area contributed by atoms with Crippen LogP contribution >= 0.6 is 15.9 Å². The quantitative estimate of drug-likeness (QED) is 0.688. The lowest BCUT2D eigenvalue weighted by Gasteiger charge is -1.94. The van der Waals surface area contributed by atoms with Gasteiger partial charge in [-0.3, -0.25) is 0 Å². The zero-order valence-corrected chi connectivity index (χ0v) is 8.66. The molecule has 0 amide bonds. The van der Waals surface area contributed by atoms with E-state index in [1.807, 2.05) is 12.2 Å². The van der Waals surface area contributed by atoms with Gasteiger partial charge in [0.2, 0.25) is 0 Å². The maximum absolute atomic E-state index is 3.41. The second-order valence-corrected chi connectivity index (χ2v) is 3.83. The monoisotopic (exact) mass is 232 g/mol. The third kappa shape index (κ3) is 2.19. The maximum atomic E-state index is 3.41. The summed E-state index contributed by atoms with van der Waals surface area (Å²) in [7, 11) is 0. The van der Waals surface area contributed by atoms with E-state index in [4.69, 9.17) is 0 Å². The first kappa shape index (κ1) is 8.52. The molecule has 0 saturated carbocycles. The molecule has 1 aliphatic carbocycles. The minimum Gasteiger partial charge on any atom is -0.0617 e. The summed E-state index contributed by atoms with van der Waals surface area (Å²) in [6.45, 7) is 0. The molecule has 1 aromatic carbocycles. The van der Waals surface area contributed by atoms with Gasteiger partial charge in [-0.2, -0.15) is 0 Å². The van der Waals surface area contributed by atoms with E-state index in [1.54, 1.807) is 0 Å². The van der Waals surface area contributed by atoms with E-state index in [0.717, 1.165) is 4.47 Å². The zero-order valence-electron chi connectivity index (χ0n) is 7.07. The Morgan fingerprint density at radius 3 is 2.15 bits per heavy atom. The van der Waals surface area contributed by atoms with Gasteiger partial charge in [-0.15, -0.1) is 0 Å². The van der Waals surface area contributed by atoms with E-state index in [0.29, 0.717) is 0 Å². The molecule has 1 heteroatoms. The highest BCUT2D eigenvalue weighted by molar-refractivity contribution is 9.10. The molecular formula is C12H9Br. The first-order valence-corrected chi connectivity index (χ1v) is 4.96. The van der Waals surface area contributed by atoms with Crippen LogP contribution in [0.3, 0.4) is 0 Å². The fourth-order valence-electron chi connectivity index (χ4n) is 1.24. The summed E-state index contributed by atoms with van der Waals surface area (Å²) < 4.78 is 1.12. The van der Waals surface area contributed by atoms with Crippen LogP contribution in [0.15, 0.2) is 58.6 Å². The SMILES string of the molecule is Brc1ccc(C=C2C=CC=C2)cc1. The van der Waals surface area contributed by atoms with Gasteiger partial charge >= 0.3 is 0 Å². The molecule has 1 aromatic rings. The average molecular weight is 233 g/mol. The smallest absolute Gasteiger partial charge is 0.0175 e. The first-order chi connectivity index (χ1) is 6.34. The molecule has 0 fully saturated rings. The van der Waals surface area contributed by atoms with Gasteiger partial charge in [0.25, 0.3) is 0 Å². The molecule has 64 valence electrons. The van der Waals surface area contributed by atoms with Crippen LogP contribution in [0.5, 0.6) is 0 Å². The molecular weight excluding hydrogens is 224 g/mol. The van der Waals surface area contributed by atoms with Crippen LogP contribution in [-0.4, -0.2) is 0 Å². The first-order valence-electron chi connectivity index (χ1n) is 4.17. The highest BCUT2D eigenvalue weighted by atomic mass is 79.9. The van der Waals surface area contributed by atoms with E-state index in [1.165, 1.54) is 11.1 Å². The number of halogens is 1. The van der Waals surface area contributed by atoms with Crippen molar-refractivity contribution in [2.75, 3.05) is 0 Å². The predicted molar refractivity (Wildman–Crippen MR) is 60.4 cm³/mol. The molecule has 0 radical (unpaired) electrons. The van der Waals surface area contributed by atoms with E-state index in [9.17, 15) is 0 Å². The summed E-state index contributed by atoms with van der Waals surface area (Å²) in [4.78, 5) is 0. The summed E-state index contributed by atoms with van der Waals surface area (Å²) in [6, 6.07) is 8.29. The zero-order chi connectivity index (χ0) is 9.10. The molecule has 0 saturated heterocycles. The third-order valence-corrected chi connectivity index (χ3v) is 2.42. The largest absolute Gasteiger partial charge is 0.0617 e. The second kappa shape index (κ2) is 3.75. The Morgan fingerprint density at radius 2 is 1.54 bits per heavy atom. The normalized spacial score (nSPS) is 13.8. The summed E-state index contributed by atoms with van der Waals surface area (Å²) in [6.07, 6.45) is 10.5. The van der Waals surface area contributed by atoms with Crippen LogP contribution in [0, 0.1) is 0 Å². The lowest BCUT2D eigenvalue weighted by atomic mass is 10.1. The Morgan fingerprint density at radius 1 is 0.923 bits per heavy atom. The molecule has 0 heterocycles. The molecule has 13 heavy (non-hydrogen) atoms. The highest BCUT2D eigenvalue weighted by Gasteiger charge is 1.92. The number of hydrogen-bond donors (Lipinski definition) is 0. The summed E-state index contributed by atoms with van der Waals surface area (Å²) in [5.41, 5.74) is 2.48. The average Bonchev–Trinajstić information content (AvgIpc) is 2.62. The van der Waals surface area contributed by atoms with Crippen molar-refractivity contribution in [2.24, 2.45) is 0 Å². The number of allylic oxidation sites excluding steroid dienone is 5. The molecule has 0 nitrogen and oxygen atoms in total. The van der Waals surface area contributed by atoms with Crippen LogP contribution < -0.4 is 0 Å². The third-order valence-electron chi connectivity index (χ3n) is 1.89. The Hall–Kier alpha value is -1.08. The predicted octanol–water partition coefficient (Wildman–Crippen LogP) is 3.96. The van der Waals surface area contributed by atoms with Crippen molar-refractivity contribution in [1.29, 1.82) is 0 Å². The second-order valence-electron chi connectivity index (χ2n) is 2.91. The lowest BCUT2D eigenvalue weighted by Crippen LogP contribution is -1.73. The van der Waals surface area contributed by atoms with Gasteiger partial charge < -0.3 is 0 Å². The molecule has 0 atom stereocenters. The molecule has 0 N–H and O–H groups in total. The summed E-state index contributed by atoms with van der Waals surface area (Å²) >= 11 is 3.41. The Kier molecular flexibility index (Phi) is 2.46.